The SMILES string of the molecule is C[C@H](OC(=O)c1ccc(N2CCCC2=O)cc1)C(=O)c1ccc(F)c(F)c1. The van der Waals surface area contributed by atoms with Gasteiger partial charge in [-0.05, 0) is 55.8 Å². The number of carbonyl (C=O) groups excluding carboxylic acids is 3. The number of ether oxygens (including phenoxy) is 1. The van der Waals surface area contributed by atoms with Crippen molar-refractivity contribution < 1.29 is 27.9 Å². The van der Waals surface area contributed by atoms with Crippen molar-refractivity contribution in [2.75, 3.05) is 11.4 Å². The lowest BCUT2D eigenvalue weighted by atomic mass is 10.1. The number of halogens is 2. The highest BCUT2D eigenvalue weighted by molar-refractivity contribution is 6.01. The van der Waals surface area contributed by atoms with Crippen molar-refractivity contribution in [3.63, 3.8) is 0 Å². The highest BCUT2D eigenvalue weighted by Crippen LogP contribution is 2.22. The number of anilines is 1. The monoisotopic (exact) mass is 373 g/mol. The van der Waals surface area contributed by atoms with Gasteiger partial charge in [-0.3, -0.25) is 9.59 Å². The first kappa shape index (κ1) is 18.7. The molecule has 1 fully saturated rings. The zero-order chi connectivity index (χ0) is 19.6. The Kier molecular flexibility index (Phi) is 5.30. The van der Waals surface area contributed by atoms with E-state index < -0.39 is 29.5 Å². The molecule has 2 aromatic carbocycles. The zero-order valence-corrected chi connectivity index (χ0v) is 14.6. The summed E-state index contributed by atoms with van der Waals surface area (Å²) >= 11 is 0. The number of benzene rings is 2. The third-order valence-electron chi connectivity index (χ3n) is 4.35. The van der Waals surface area contributed by atoms with Gasteiger partial charge in [0, 0.05) is 24.2 Å². The van der Waals surface area contributed by atoms with Gasteiger partial charge in [-0.25, -0.2) is 13.6 Å². The van der Waals surface area contributed by atoms with E-state index in [2.05, 4.69) is 0 Å². The minimum Gasteiger partial charge on any atom is -0.451 e. The number of hydrogen-bond acceptors (Lipinski definition) is 4. The Hall–Kier alpha value is -3.09. The normalized spacial score (nSPS) is 14.9. The van der Waals surface area contributed by atoms with Crippen molar-refractivity contribution in [3.8, 4) is 0 Å². The molecule has 1 heterocycles. The van der Waals surface area contributed by atoms with E-state index in [0.29, 0.717) is 18.7 Å². The predicted molar refractivity (Wildman–Crippen MR) is 93.6 cm³/mol. The lowest BCUT2D eigenvalue weighted by molar-refractivity contribution is -0.117. The topological polar surface area (TPSA) is 63.7 Å². The van der Waals surface area contributed by atoms with Gasteiger partial charge in [0.2, 0.25) is 11.7 Å². The van der Waals surface area contributed by atoms with Crippen molar-refractivity contribution in [1.82, 2.24) is 0 Å². The van der Waals surface area contributed by atoms with Gasteiger partial charge in [-0.2, -0.15) is 0 Å². The molecule has 1 aliphatic rings. The van der Waals surface area contributed by atoms with Crippen molar-refractivity contribution in [3.05, 3.63) is 65.2 Å². The van der Waals surface area contributed by atoms with Crippen molar-refractivity contribution in [2.24, 2.45) is 0 Å². The third kappa shape index (κ3) is 4.02. The van der Waals surface area contributed by atoms with Crippen LogP contribution < -0.4 is 4.90 Å². The molecule has 0 aromatic heterocycles. The van der Waals surface area contributed by atoms with Gasteiger partial charge in [-0.1, -0.05) is 0 Å². The first-order chi connectivity index (χ1) is 12.9. The van der Waals surface area contributed by atoms with Gasteiger partial charge < -0.3 is 9.64 Å². The van der Waals surface area contributed by atoms with Crippen LogP contribution in [0.25, 0.3) is 0 Å². The summed E-state index contributed by atoms with van der Waals surface area (Å²) in [6, 6.07) is 9.05. The quantitative estimate of drug-likeness (QED) is 0.594. The second-order valence-corrected chi connectivity index (χ2v) is 6.24. The molecule has 7 heteroatoms. The van der Waals surface area contributed by atoms with Crippen molar-refractivity contribution in [2.45, 2.75) is 25.9 Å². The highest BCUT2D eigenvalue weighted by Gasteiger charge is 2.23. The predicted octanol–water partition coefficient (Wildman–Crippen LogP) is 3.52. The van der Waals surface area contributed by atoms with E-state index in [1.807, 2.05) is 0 Å². The fraction of sp³-hybridized carbons (Fsp3) is 0.250. The van der Waals surface area contributed by atoms with Gasteiger partial charge in [-0.15, -0.1) is 0 Å². The van der Waals surface area contributed by atoms with Crippen LogP contribution in [0.1, 0.15) is 40.5 Å². The summed E-state index contributed by atoms with van der Waals surface area (Å²) < 4.78 is 31.4. The summed E-state index contributed by atoms with van der Waals surface area (Å²) in [5, 5.41) is 0. The van der Waals surface area contributed by atoms with Crippen molar-refractivity contribution >= 4 is 23.3 Å². The van der Waals surface area contributed by atoms with Gasteiger partial charge in [0.25, 0.3) is 0 Å². The third-order valence-corrected chi connectivity index (χ3v) is 4.35. The molecule has 3 rings (SSSR count). The van der Waals surface area contributed by atoms with Gasteiger partial charge in [0.15, 0.2) is 17.7 Å². The maximum Gasteiger partial charge on any atom is 0.338 e. The van der Waals surface area contributed by atoms with Gasteiger partial charge in [0.1, 0.15) is 0 Å². The molecule has 0 N–H and O–H groups in total. The summed E-state index contributed by atoms with van der Waals surface area (Å²) in [7, 11) is 0. The van der Waals surface area contributed by atoms with E-state index in [0.717, 1.165) is 24.6 Å². The number of ketones is 1. The maximum atomic E-state index is 13.3. The number of carbonyl (C=O) groups is 3. The number of esters is 1. The molecule has 5 nitrogen and oxygen atoms in total. The van der Waals surface area contributed by atoms with Crippen LogP contribution in [0.5, 0.6) is 0 Å². The van der Waals surface area contributed by atoms with E-state index in [4.69, 9.17) is 4.74 Å². The second-order valence-electron chi connectivity index (χ2n) is 6.24. The minimum atomic E-state index is -1.16. The van der Waals surface area contributed by atoms with E-state index in [9.17, 15) is 23.2 Å². The zero-order valence-electron chi connectivity index (χ0n) is 14.6. The van der Waals surface area contributed by atoms with E-state index in [1.54, 1.807) is 17.0 Å². The van der Waals surface area contributed by atoms with Crippen LogP contribution in [0, 0.1) is 11.6 Å². The lowest BCUT2D eigenvalue weighted by Crippen LogP contribution is -2.25. The van der Waals surface area contributed by atoms with Gasteiger partial charge >= 0.3 is 5.97 Å². The number of amides is 1. The summed E-state index contributed by atoms with van der Waals surface area (Å²) in [5.74, 6) is -3.53. The van der Waals surface area contributed by atoms with Crippen LogP contribution in [0.2, 0.25) is 0 Å². The molecule has 0 bridgehead atoms. The average Bonchev–Trinajstić information content (AvgIpc) is 3.09. The molecule has 0 unspecified atom stereocenters. The standard InChI is InChI=1S/C20H17F2NO4/c1-12(19(25)14-6-9-16(21)17(22)11-14)27-20(26)13-4-7-15(8-5-13)23-10-2-3-18(23)24/h4-9,11-12H,2-3,10H2,1H3/t12-/m0/s1. The largest absolute Gasteiger partial charge is 0.451 e. The smallest absolute Gasteiger partial charge is 0.338 e. The van der Waals surface area contributed by atoms with E-state index in [1.165, 1.54) is 19.1 Å². The number of hydrogen-bond donors (Lipinski definition) is 0. The van der Waals surface area contributed by atoms with E-state index >= 15 is 0 Å². The number of rotatable bonds is 5. The fourth-order valence-corrected chi connectivity index (χ4v) is 2.86. The molecule has 0 radical (unpaired) electrons. The summed E-state index contributed by atoms with van der Waals surface area (Å²) in [5.41, 5.74) is 0.826. The fourth-order valence-electron chi connectivity index (χ4n) is 2.86. The van der Waals surface area contributed by atoms with Crippen molar-refractivity contribution in [1.29, 1.82) is 0 Å². The number of Topliss-reactive ketones (excluding diaryl/α,β-unsaturated/α-hetero) is 1. The minimum absolute atomic E-state index is 0.0380. The first-order valence-electron chi connectivity index (χ1n) is 8.47. The summed E-state index contributed by atoms with van der Waals surface area (Å²) in [4.78, 5) is 37.8. The molecule has 1 saturated heterocycles. The Morgan fingerprint density at radius 2 is 1.70 bits per heavy atom. The Balaban J connectivity index is 1.66. The van der Waals surface area contributed by atoms with Crippen LogP contribution in [-0.4, -0.2) is 30.3 Å². The van der Waals surface area contributed by atoms with Crippen LogP contribution >= 0.6 is 0 Å². The maximum absolute atomic E-state index is 13.3. The average molecular weight is 373 g/mol. The highest BCUT2D eigenvalue weighted by atomic mass is 19.2. The molecule has 0 aliphatic carbocycles. The molecule has 0 spiro atoms. The molecular weight excluding hydrogens is 356 g/mol. The van der Waals surface area contributed by atoms with Crippen LogP contribution in [0.4, 0.5) is 14.5 Å². The summed E-state index contributed by atoms with van der Waals surface area (Å²) in [6.07, 6.45) is 0.141. The van der Waals surface area contributed by atoms with Crippen LogP contribution in [0.15, 0.2) is 42.5 Å². The lowest BCUT2D eigenvalue weighted by Gasteiger charge is -2.16. The van der Waals surface area contributed by atoms with Crippen LogP contribution in [0.3, 0.4) is 0 Å². The van der Waals surface area contributed by atoms with Gasteiger partial charge in [0.05, 0.1) is 5.56 Å². The Morgan fingerprint density at radius 1 is 1.04 bits per heavy atom. The molecule has 0 saturated carbocycles. The molecule has 27 heavy (non-hydrogen) atoms. The molecular formula is C20H17F2NO4. The molecule has 1 atom stereocenters. The Labute approximate surface area is 154 Å². The molecule has 140 valence electrons. The first-order valence-corrected chi connectivity index (χ1v) is 8.47. The van der Waals surface area contributed by atoms with E-state index in [-0.39, 0.29) is 17.0 Å². The number of nitrogens with zero attached hydrogens (tertiary/aromatic N) is 1. The molecule has 1 aliphatic heterocycles. The Bertz CT molecular complexity index is 895. The molecule has 1 amide bonds. The molecule has 2 aromatic rings. The van der Waals surface area contributed by atoms with Crippen LogP contribution in [-0.2, 0) is 9.53 Å². The summed E-state index contributed by atoms with van der Waals surface area (Å²) in [6.45, 7) is 2.00. The Morgan fingerprint density at radius 3 is 2.30 bits per heavy atom. The second kappa shape index (κ2) is 7.65.